The standard InChI is InChI=1S/C9H8BrNO2/c1-12-9-11-7-3-2-6(5-10)4-8(7)13-9/h2-4H,5H2,1H3. The monoisotopic (exact) mass is 241 g/mol. The number of fused-ring (bicyclic) bond motifs is 1. The highest BCUT2D eigenvalue weighted by Crippen LogP contribution is 2.22. The molecule has 0 saturated carbocycles. The maximum absolute atomic E-state index is 5.31. The fourth-order valence-electron chi connectivity index (χ4n) is 1.12. The number of nitrogens with zero attached hydrogens (tertiary/aromatic N) is 1. The van der Waals surface area contributed by atoms with Crippen LogP contribution in [0.4, 0.5) is 0 Å². The van der Waals surface area contributed by atoms with Crippen molar-refractivity contribution in [2.75, 3.05) is 7.11 Å². The van der Waals surface area contributed by atoms with Crippen LogP contribution in [-0.4, -0.2) is 12.1 Å². The smallest absolute Gasteiger partial charge is 0.394 e. The van der Waals surface area contributed by atoms with Crippen molar-refractivity contribution in [2.45, 2.75) is 5.33 Å². The second-order valence-electron chi connectivity index (χ2n) is 2.62. The first-order chi connectivity index (χ1) is 6.33. The first-order valence-electron chi connectivity index (χ1n) is 3.83. The molecule has 0 unspecified atom stereocenters. The molecule has 0 bridgehead atoms. The van der Waals surface area contributed by atoms with Crippen molar-refractivity contribution in [2.24, 2.45) is 0 Å². The molecule has 1 aromatic heterocycles. The molecule has 0 aliphatic heterocycles. The summed E-state index contributed by atoms with van der Waals surface area (Å²) in [6.07, 6.45) is 0.307. The molecule has 2 rings (SSSR count). The summed E-state index contributed by atoms with van der Waals surface area (Å²) >= 11 is 3.37. The fourth-order valence-corrected chi connectivity index (χ4v) is 1.47. The maximum Gasteiger partial charge on any atom is 0.394 e. The van der Waals surface area contributed by atoms with Gasteiger partial charge in [-0.2, -0.15) is 4.98 Å². The Morgan fingerprint density at radius 3 is 3.08 bits per heavy atom. The molecule has 0 amide bonds. The number of methoxy groups -OCH3 is 1. The number of ether oxygens (including phenoxy) is 1. The molecule has 0 aliphatic rings. The first-order valence-corrected chi connectivity index (χ1v) is 4.95. The average molecular weight is 242 g/mol. The van der Waals surface area contributed by atoms with Gasteiger partial charge in [-0.05, 0) is 17.7 Å². The fraction of sp³-hybridized carbons (Fsp3) is 0.222. The summed E-state index contributed by atoms with van der Waals surface area (Å²) in [6.45, 7) is 0. The molecule has 0 radical (unpaired) electrons. The van der Waals surface area contributed by atoms with Crippen LogP contribution in [0.2, 0.25) is 0 Å². The molecule has 68 valence electrons. The van der Waals surface area contributed by atoms with Crippen LogP contribution in [0.25, 0.3) is 11.1 Å². The Balaban J connectivity index is 2.57. The molecule has 1 aromatic carbocycles. The molecule has 0 saturated heterocycles. The van der Waals surface area contributed by atoms with Gasteiger partial charge < -0.3 is 9.15 Å². The first kappa shape index (κ1) is 8.56. The molecule has 3 nitrogen and oxygen atoms in total. The molecule has 0 spiro atoms. The highest BCUT2D eigenvalue weighted by atomic mass is 79.9. The molecule has 0 aliphatic carbocycles. The lowest BCUT2D eigenvalue weighted by atomic mass is 10.2. The molecule has 2 aromatic rings. The number of oxazole rings is 1. The molecule has 4 heteroatoms. The van der Waals surface area contributed by atoms with Crippen molar-refractivity contribution < 1.29 is 9.15 Å². The van der Waals surface area contributed by atoms with Gasteiger partial charge in [0.2, 0.25) is 0 Å². The molecule has 0 atom stereocenters. The van der Waals surface area contributed by atoms with Crippen LogP contribution in [0.15, 0.2) is 22.6 Å². The van der Waals surface area contributed by atoms with E-state index in [1.54, 1.807) is 0 Å². The summed E-state index contributed by atoms with van der Waals surface area (Å²) < 4.78 is 10.2. The summed E-state index contributed by atoms with van der Waals surface area (Å²) in [4.78, 5) is 4.10. The number of hydrogen-bond acceptors (Lipinski definition) is 3. The summed E-state index contributed by atoms with van der Waals surface area (Å²) in [5.74, 6) is 0. The Bertz CT molecular complexity index is 422. The van der Waals surface area contributed by atoms with E-state index in [2.05, 4.69) is 20.9 Å². The lowest BCUT2D eigenvalue weighted by molar-refractivity contribution is 0.299. The van der Waals surface area contributed by atoms with E-state index in [9.17, 15) is 0 Å². The van der Waals surface area contributed by atoms with Crippen molar-refractivity contribution in [1.82, 2.24) is 4.98 Å². The quantitative estimate of drug-likeness (QED) is 0.759. The lowest BCUT2D eigenvalue weighted by Crippen LogP contribution is -1.79. The van der Waals surface area contributed by atoms with Gasteiger partial charge in [-0.15, -0.1) is 0 Å². The minimum absolute atomic E-state index is 0.307. The molecule has 13 heavy (non-hydrogen) atoms. The van der Waals surface area contributed by atoms with E-state index in [1.807, 2.05) is 18.2 Å². The Hall–Kier alpha value is -1.03. The van der Waals surface area contributed by atoms with Crippen molar-refractivity contribution in [3.05, 3.63) is 23.8 Å². The van der Waals surface area contributed by atoms with Gasteiger partial charge >= 0.3 is 6.08 Å². The molecular formula is C9H8BrNO2. The van der Waals surface area contributed by atoms with Gasteiger partial charge in [0, 0.05) is 5.33 Å². The van der Waals surface area contributed by atoms with Gasteiger partial charge in [-0.25, -0.2) is 0 Å². The highest BCUT2D eigenvalue weighted by molar-refractivity contribution is 9.08. The number of aromatic nitrogens is 1. The van der Waals surface area contributed by atoms with Gasteiger partial charge in [-0.1, -0.05) is 22.0 Å². The van der Waals surface area contributed by atoms with Crippen molar-refractivity contribution in [3.63, 3.8) is 0 Å². The number of alkyl halides is 1. The van der Waals surface area contributed by atoms with Gasteiger partial charge in [0.1, 0.15) is 5.52 Å². The Morgan fingerprint density at radius 1 is 1.54 bits per heavy atom. The third-order valence-electron chi connectivity index (χ3n) is 1.76. The molecule has 0 N–H and O–H groups in total. The zero-order chi connectivity index (χ0) is 9.26. The van der Waals surface area contributed by atoms with E-state index in [-0.39, 0.29) is 0 Å². The SMILES string of the molecule is COc1nc2ccc(CBr)cc2o1. The van der Waals surface area contributed by atoms with Crippen LogP contribution in [0, 0.1) is 0 Å². The summed E-state index contributed by atoms with van der Waals surface area (Å²) in [7, 11) is 1.54. The third-order valence-corrected chi connectivity index (χ3v) is 2.41. The predicted molar refractivity (Wildman–Crippen MR) is 53.2 cm³/mol. The van der Waals surface area contributed by atoms with Crippen LogP contribution in [0.5, 0.6) is 6.08 Å². The second kappa shape index (κ2) is 3.38. The number of hydrogen-bond donors (Lipinski definition) is 0. The van der Waals surface area contributed by atoms with Crippen LogP contribution < -0.4 is 4.74 Å². The Morgan fingerprint density at radius 2 is 2.38 bits per heavy atom. The van der Waals surface area contributed by atoms with Crippen molar-refractivity contribution in [1.29, 1.82) is 0 Å². The lowest BCUT2D eigenvalue weighted by Gasteiger charge is -1.91. The van der Waals surface area contributed by atoms with Gasteiger partial charge in [-0.3, -0.25) is 0 Å². The topological polar surface area (TPSA) is 35.3 Å². The van der Waals surface area contributed by atoms with Crippen LogP contribution in [-0.2, 0) is 5.33 Å². The summed E-state index contributed by atoms with van der Waals surface area (Å²) in [5, 5.41) is 0.811. The van der Waals surface area contributed by atoms with E-state index < -0.39 is 0 Å². The summed E-state index contributed by atoms with van der Waals surface area (Å²) in [5.41, 5.74) is 2.74. The average Bonchev–Trinajstić information content (AvgIpc) is 2.58. The molecule has 0 fully saturated rings. The van der Waals surface area contributed by atoms with Gasteiger partial charge in [0.05, 0.1) is 7.11 Å². The minimum atomic E-state index is 0.307. The zero-order valence-corrected chi connectivity index (χ0v) is 8.67. The Labute approximate surface area is 83.8 Å². The number of benzene rings is 1. The molecule has 1 heterocycles. The van der Waals surface area contributed by atoms with E-state index in [4.69, 9.17) is 9.15 Å². The van der Waals surface area contributed by atoms with Gasteiger partial charge in [0.25, 0.3) is 0 Å². The zero-order valence-electron chi connectivity index (χ0n) is 7.08. The summed E-state index contributed by atoms with van der Waals surface area (Å²) in [6, 6.07) is 5.86. The predicted octanol–water partition coefficient (Wildman–Crippen LogP) is 2.73. The normalized spacial score (nSPS) is 10.6. The van der Waals surface area contributed by atoms with E-state index in [0.717, 1.165) is 22.0 Å². The Kier molecular flexibility index (Phi) is 2.22. The van der Waals surface area contributed by atoms with E-state index >= 15 is 0 Å². The van der Waals surface area contributed by atoms with Crippen molar-refractivity contribution in [3.8, 4) is 6.08 Å². The molecular weight excluding hydrogens is 234 g/mol. The number of halogens is 1. The van der Waals surface area contributed by atoms with Crippen LogP contribution in [0.3, 0.4) is 0 Å². The van der Waals surface area contributed by atoms with E-state index in [0.29, 0.717) is 6.08 Å². The van der Waals surface area contributed by atoms with Crippen molar-refractivity contribution >= 4 is 27.0 Å². The third kappa shape index (κ3) is 1.54. The van der Waals surface area contributed by atoms with Crippen LogP contribution >= 0.6 is 15.9 Å². The highest BCUT2D eigenvalue weighted by Gasteiger charge is 2.05. The number of rotatable bonds is 2. The minimum Gasteiger partial charge on any atom is -0.453 e. The second-order valence-corrected chi connectivity index (χ2v) is 3.18. The maximum atomic E-state index is 5.31. The van der Waals surface area contributed by atoms with E-state index in [1.165, 1.54) is 7.11 Å². The van der Waals surface area contributed by atoms with Gasteiger partial charge in [0.15, 0.2) is 5.58 Å². The largest absolute Gasteiger partial charge is 0.453 e. The van der Waals surface area contributed by atoms with Crippen LogP contribution in [0.1, 0.15) is 5.56 Å².